The monoisotopic (exact) mass is 687 g/mol. The molecule has 0 aliphatic carbocycles. The number of carboxylic acid groups (broad SMARTS) is 1. The van der Waals surface area contributed by atoms with Crippen molar-refractivity contribution in [1.82, 2.24) is 4.31 Å². The SMILES string of the molecule is C=C(C)[C@H]1C[C@]2(CCCN(S(=O)(=O)c3ccc(-c4ccccc4)cc3)C2)CO[C@@H]1c1cc(Oc2cccc(Cl)c2)ccc1OCC(=O)O. The highest BCUT2D eigenvalue weighted by Crippen LogP contribution is 2.51. The van der Waals surface area contributed by atoms with E-state index in [0.717, 1.165) is 23.1 Å². The lowest BCUT2D eigenvalue weighted by Gasteiger charge is -2.49. The van der Waals surface area contributed by atoms with Crippen molar-refractivity contribution in [3.8, 4) is 28.4 Å². The second kappa shape index (κ2) is 14.1. The van der Waals surface area contributed by atoms with E-state index < -0.39 is 34.1 Å². The van der Waals surface area contributed by atoms with E-state index in [4.69, 9.17) is 25.8 Å². The van der Waals surface area contributed by atoms with Gasteiger partial charge in [-0.3, -0.25) is 0 Å². The maximum atomic E-state index is 13.9. The summed E-state index contributed by atoms with van der Waals surface area (Å²) in [5.41, 5.74) is 3.07. The molecular formula is C38H38ClNO7S. The van der Waals surface area contributed by atoms with Crippen LogP contribution in [0.2, 0.25) is 5.02 Å². The number of sulfonamides is 1. The van der Waals surface area contributed by atoms with Crippen LogP contribution in [-0.4, -0.2) is 50.1 Å². The Morgan fingerprint density at radius 1 is 1.00 bits per heavy atom. The van der Waals surface area contributed by atoms with Gasteiger partial charge in [-0.2, -0.15) is 4.31 Å². The first-order valence-electron chi connectivity index (χ1n) is 15.9. The average molecular weight is 688 g/mol. The standard InChI is InChI=1S/C38H38ClNO7S/c1-26(2)34-22-38(18-7-19-40(24-38)48(43,44)32-15-12-28(13-16-32)27-8-4-3-5-9-27)25-46-37(34)33-21-31(14-17-35(33)45-23-36(41)42)47-30-11-6-10-29(39)20-30/h3-6,8-17,20-21,34,37H,1,7,18-19,22-25H2,2H3,(H,41,42)/t34-,37-,38+/m1/s1. The zero-order chi connectivity index (χ0) is 33.9. The fraction of sp³-hybridized carbons (Fsp3) is 0.289. The second-order valence-corrected chi connectivity index (χ2v) is 15.0. The molecule has 0 amide bonds. The highest BCUT2D eigenvalue weighted by Gasteiger charge is 2.47. The summed E-state index contributed by atoms with van der Waals surface area (Å²) in [5.74, 6) is 0.131. The quantitative estimate of drug-likeness (QED) is 0.167. The highest BCUT2D eigenvalue weighted by molar-refractivity contribution is 7.89. The van der Waals surface area contributed by atoms with Crippen molar-refractivity contribution in [3.63, 3.8) is 0 Å². The Labute approximate surface area is 286 Å². The first-order valence-corrected chi connectivity index (χ1v) is 17.7. The van der Waals surface area contributed by atoms with E-state index in [1.54, 1.807) is 58.9 Å². The van der Waals surface area contributed by atoms with Crippen molar-refractivity contribution in [2.24, 2.45) is 11.3 Å². The molecule has 2 heterocycles. The molecule has 0 radical (unpaired) electrons. The third-order valence-electron chi connectivity index (χ3n) is 9.12. The Morgan fingerprint density at radius 2 is 1.73 bits per heavy atom. The maximum absolute atomic E-state index is 13.9. The number of benzene rings is 4. The normalized spacial score (nSPS) is 21.5. The molecular weight excluding hydrogens is 650 g/mol. The molecule has 250 valence electrons. The minimum atomic E-state index is -3.75. The lowest BCUT2D eigenvalue weighted by molar-refractivity contribution is -0.139. The molecule has 2 saturated heterocycles. The third-order valence-corrected chi connectivity index (χ3v) is 11.2. The number of carboxylic acids is 1. The van der Waals surface area contributed by atoms with Gasteiger partial charge in [0.2, 0.25) is 10.0 Å². The number of ether oxygens (including phenoxy) is 3. The summed E-state index contributed by atoms with van der Waals surface area (Å²) in [5, 5.41) is 9.87. The molecule has 0 aromatic heterocycles. The Morgan fingerprint density at radius 3 is 2.44 bits per heavy atom. The fourth-order valence-corrected chi connectivity index (χ4v) is 8.53. The Hall–Kier alpha value is -4.15. The number of aliphatic carboxylic acids is 1. The van der Waals surface area contributed by atoms with Crippen LogP contribution in [-0.2, 0) is 19.6 Å². The van der Waals surface area contributed by atoms with E-state index in [0.29, 0.717) is 60.4 Å². The predicted molar refractivity (Wildman–Crippen MR) is 185 cm³/mol. The van der Waals surface area contributed by atoms with Gasteiger partial charge in [0.15, 0.2) is 6.61 Å². The molecule has 0 saturated carbocycles. The van der Waals surface area contributed by atoms with Crippen LogP contribution < -0.4 is 9.47 Å². The first kappa shape index (κ1) is 33.7. The molecule has 6 rings (SSSR count). The summed E-state index contributed by atoms with van der Waals surface area (Å²) in [7, 11) is -3.75. The molecule has 4 aromatic carbocycles. The van der Waals surface area contributed by atoms with Gasteiger partial charge in [-0.25, -0.2) is 13.2 Å². The molecule has 2 aliphatic rings. The van der Waals surface area contributed by atoms with Crippen molar-refractivity contribution in [1.29, 1.82) is 0 Å². The van der Waals surface area contributed by atoms with Crippen molar-refractivity contribution >= 4 is 27.6 Å². The van der Waals surface area contributed by atoms with Crippen LogP contribution >= 0.6 is 11.6 Å². The topological polar surface area (TPSA) is 102 Å². The molecule has 2 fully saturated rings. The second-order valence-electron chi connectivity index (χ2n) is 12.7. The van der Waals surface area contributed by atoms with Gasteiger partial charge in [-0.1, -0.05) is 72.3 Å². The Balaban J connectivity index is 1.25. The average Bonchev–Trinajstić information content (AvgIpc) is 3.08. The maximum Gasteiger partial charge on any atom is 0.341 e. The Bertz CT molecular complexity index is 1900. The van der Waals surface area contributed by atoms with E-state index in [2.05, 4.69) is 6.58 Å². The van der Waals surface area contributed by atoms with Crippen LogP contribution in [0.15, 0.2) is 114 Å². The number of piperidine rings is 1. The molecule has 0 bridgehead atoms. The lowest BCUT2D eigenvalue weighted by atomic mass is 9.69. The zero-order valence-electron chi connectivity index (χ0n) is 26.7. The third kappa shape index (κ3) is 7.45. The van der Waals surface area contributed by atoms with Crippen LogP contribution in [0, 0.1) is 11.3 Å². The van der Waals surface area contributed by atoms with Gasteiger partial charge in [-0.05, 0) is 85.8 Å². The van der Waals surface area contributed by atoms with E-state index >= 15 is 0 Å². The van der Waals surface area contributed by atoms with E-state index in [9.17, 15) is 18.3 Å². The van der Waals surface area contributed by atoms with Gasteiger partial charge in [0.05, 0.1) is 17.6 Å². The smallest absolute Gasteiger partial charge is 0.341 e. The van der Waals surface area contributed by atoms with Gasteiger partial charge in [0.1, 0.15) is 17.2 Å². The number of rotatable bonds is 10. The van der Waals surface area contributed by atoms with Crippen LogP contribution in [0.1, 0.15) is 37.9 Å². The summed E-state index contributed by atoms with van der Waals surface area (Å²) < 4.78 is 47.9. The number of hydrogen-bond donors (Lipinski definition) is 1. The first-order chi connectivity index (χ1) is 23.0. The van der Waals surface area contributed by atoms with Gasteiger partial charge < -0.3 is 19.3 Å². The van der Waals surface area contributed by atoms with Crippen molar-refractivity contribution < 1.29 is 32.5 Å². The summed E-state index contributed by atoms with van der Waals surface area (Å²) in [6.45, 7) is 6.79. The Kier molecular flexibility index (Phi) is 9.94. The molecule has 10 heteroatoms. The molecule has 2 aliphatic heterocycles. The molecule has 1 spiro atoms. The largest absolute Gasteiger partial charge is 0.482 e. The number of nitrogens with zero attached hydrogens (tertiary/aromatic N) is 1. The predicted octanol–water partition coefficient (Wildman–Crippen LogP) is 8.39. The van der Waals surface area contributed by atoms with Crippen molar-refractivity contribution in [2.75, 3.05) is 26.3 Å². The van der Waals surface area contributed by atoms with E-state index in [1.165, 1.54) is 0 Å². The summed E-state index contributed by atoms with van der Waals surface area (Å²) in [6.07, 6.45) is 1.64. The zero-order valence-corrected chi connectivity index (χ0v) is 28.3. The van der Waals surface area contributed by atoms with Crippen molar-refractivity contribution in [2.45, 2.75) is 37.2 Å². The number of hydrogen-bond acceptors (Lipinski definition) is 6. The fourth-order valence-electron chi connectivity index (χ4n) is 6.76. The summed E-state index contributed by atoms with van der Waals surface area (Å²) in [6, 6.07) is 29.1. The van der Waals surface area contributed by atoms with Gasteiger partial charge in [-0.15, -0.1) is 0 Å². The molecule has 3 atom stereocenters. The van der Waals surface area contributed by atoms with E-state index in [-0.39, 0.29) is 10.8 Å². The molecule has 8 nitrogen and oxygen atoms in total. The minimum Gasteiger partial charge on any atom is -0.482 e. The van der Waals surface area contributed by atoms with Gasteiger partial charge >= 0.3 is 5.97 Å². The van der Waals surface area contributed by atoms with E-state index in [1.807, 2.05) is 49.4 Å². The van der Waals surface area contributed by atoms with Crippen LogP contribution in [0.3, 0.4) is 0 Å². The highest BCUT2D eigenvalue weighted by atomic mass is 35.5. The molecule has 48 heavy (non-hydrogen) atoms. The molecule has 4 aromatic rings. The lowest BCUT2D eigenvalue weighted by Crippen LogP contribution is -2.51. The van der Waals surface area contributed by atoms with Gasteiger partial charge in [0.25, 0.3) is 0 Å². The molecule has 1 N–H and O–H groups in total. The van der Waals surface area contributed by atoms with Crippen LogP contribution in [0.5, 0.6) is 17.2 Å². The number of halogens is 1. The van der Waals surface area contributed by atoms with Crippen LogP contribution in [0.4, 0.5) is 0 Å². The van der Waals surface area contributed by atoms with Gasteiger partial charge in [0, 0.05) is 35.0 Å². The summed E-state index contributed by atoms with van der Waals surface area (Å²) in [4.78, 5) is 11.7. The van der Waals surface area contributed by atoms with Crippen molar-refractivity contribution in [3.05, 3.63) is 120 Å². The minimum absolute atomic E-state index is 0.194. The summed E-state index contributed by atoms with van der Waals surface area (Å²) >= 11 is 6.16. The molecule has 0 unspecified atom stereocenters. The number of carbonyl (C=O) groups is 1. The van der Waals surface area contributed by atoms with Crippen LogP contribution in [0.25, 0.3) is 11.1 Å².